The molecule has 16 heavy (non-hydrogen) atoms. The summed E-state index contributed by atoms with van der Waals surface area (Å²) in [7, 11) is 1.90. The van der Waals surface area contributed by atoms with E-state index in [0.717, 1.165) is 19.5 Å². The van der Waals surface area contributed by atoms with Crippen molar-refractivity contribution in [3.05, 3.63) is 12.2 Å². The van der Waals surface area contributed by atoms with Crippen LogP contribution in [0.15, 0.2) is 12.2 Å². The molecule has 0 aromatic rings. The van der Waals surface area contributed by atoms with Crippen molar-refractivity contribution in [1.82, 2.24) is 9.80 Å². The van der Waals surface area contributed by atoms with Gasteiger partial charge in [-0.25, -0.2) is 0 Å². The standard InChI is InChI=1S/C13H24N2O/c1-3-13(16)14(2)9-8-12-15-10-6-4-5-7-11-15/h4-5H,3,6-12H2,1-2H3. The predicted octanol–water partition coefficient (Wildman–Crippen LogP) is 1.90. The molecule has 0 saturated carbocycles. The Hall–Kier alpha value is -0.830. The van der Waals surface area contributed by atoms with Gasteiger partial charge in [-0.05, 0) is 25.8 Å². The number of rotatable bonds is 5. The first kappa shape index (κ1) is 13.2. The van der Waals surface area contributed by atoms with E-state index in [0.29, 0.717) is 6.42 Å². The van der Waals surface area contributed by atoms with Crippen molar-refractivity contribution in [2.45, 2.75) is 32.6 Å². The molecule has 1 amide bonds. The van der Waals surface area contributed by atoms with Crippen LogP contribution in [0.3, 0.4) is 0 Å². The maximum atomic E-state index is 11.4. The first-order valence-corrected chi connectivity index (χ1v) is 6.35. The minimum absolute atomic E-state index is 0.248. The summed E-state index contributed by atoms with van der Waals surface area (Å²) in [6, 6.07) is 0. The van der Waals surface area contributed by atoms with E-state index in [2.05, 4.69) is 17.1 Å². The Morgan fingerprint density at radius 2 is 1.94 bits per heavy atom. The third kappa shape index (κ3) is 4.79. The van der Waals surface area contributed by atoms with Crippen LogP contribution in [0.2, 0.25) is 0 Å². The third-order valence-electron chi connectivity index (χ3n) is 3.09. The van der Waals surface area contributed by atoms with Crippen molar-refractivity contribution in [3.8, 4) is 0 Å². The molecule has 0 radical (unpaired) electrons. The maximum Gasteiger partial charge on any atom is 0.222 e. The Labute approximate surface area is 99.1 Å². The Balaban J connectivity index is 2.12. The molecule has 0 unspecified atom stereocenters. The second kappa shape index (κ2) is 7.44. The van der Waals surface area contributed by atoms with E-state index in [4.69, 9.17) is 0 Å². The zero-order valence-electron chi connectivity index (χ0n) is 10.6. The second-order valence-corrected chi connectivity index (χ2v) is 4.41. The molecule has 0 N–H and O–H groups in total. The molecule has 0 spiro atoms. The highest BCUT2D eigenvalue weighted by atomic mass is 16.2. The Bertz CT molecular complexity index is 228. The molecule has 3 heteroatoms. The van der Waals surface area contributed by atoms with E-state index in [1.54, 1.807) is 0 Å². The molecule has 0 aromatic carbocycles. The van der Waals surface area contributed by atoms with Gasteiger partial charge in [0.05, 0.1) is 0 Å². The molecule has 0 fully saturated rings. The summed E-state index contributed by atoms with van der Waals surface area (Å²) in [6.07, 6.45) is 8.58. The van der Waals surface area contributed by atoms with Gasteiger partial charge >= 0.3 is 0 Å². The smallest absolute Gasteiger partial charge is 0.222 e. The third-order valence-corrected chi connectivity index (χ3v) is 3.09. The fourth-order valence-corrected chi connectivity index (χ4v) is 2.01. The van der Waals surface area contributed by atoms with E-state index in [1.165, 1.54) is 25.9 Å². The normalized spacial score (nSPS) is 17.1. The number of hydrogen-bond donors (Lipinski definition) is 0. The van der Waals surface area contributed by atoms with Gasteiger partial charge in [0.15, 0.2) is 0 Å². The molecule has 1 heterocycles. The molecule has 1 aliphatic heterocycles. The lowest BCUT2D eigenvalue weighted by Crippen LogP contribution is -2.31. The topological polar surface area (TPSA) is 23.6 Å². The van der Waals surface area contributed by atoms with Gasteiger partial charge in [0.2, 0.25) is 5.91 Å². The van der Waals surface area contributed by atoms with Crippen molar-refractivity contribution in [1.29, 1.82) is 0 Å². The van der Waals surface area contributed by atoms with Crippen LogP contribution in [-0.4, -0.2) is 48.9 Å². The summed E-state index contributed by atoms with van der Waals surface area (Å²) in [5, 5.41) is 0. The molecule has 0 atom stereocenters. The summed E-state index contributed by atoms with van der Waals surface area (Å²) in [5.74, 6) is 0.248. The van der Waals surface area contributed by atoms with Crippen LogP contribution >= 0.6 is 0 Å². The predicted molar refractivity (Wildman–Crippen MR) is 67.4 cm³/mol. The number of carbonyl (C=O) groups excluding carboxylic acids is 1. The molecule has 1 aliphatic rings. The summed E-state index contributed by atoms with van der Waals surface area (Å²) < 4.78 is 0. The monoisotopic (exact) mass is 224 g/mol. The lowest BCUT2D eigenvalue weighted by Gasteiger charge is -2.22. The second-order valence-electron chi connectivity index (χ2n) is 4.41. The van der Waals surface area contributed by atoms with Crippen LogP contribution in [0.25, 0.3) is 0 Å². The van der Waals surface area contributed by atoms with Crippen molar-refractivity contribution >= 4 is 5.91 Å². The summed E-state index contributed by atoms with van der Waals surface area (Å²) in [6.45, 7) is 6.25. The van der Waals surface area contributed by atoms with Crippen LogP contribution in [0.1, 0.15) is 32.6 Å². The van der Waals surface area contributed by atoms with Gasteiger partial charge < -0.3 is 9.80 Å². The van der Waals surface area contributed by atoms with E-state index < -0.39 is 0 Å². The quantitative estimate of drug-likeness (QED) is 0.666. The van der Waals surface area contributed by atoms with E-state index in [-0.39, 0.29) is 5.91 Å². The highest BCUT2D eigenvalue weighted by molar-refractivity contribution is 5.75. The van der Waals surface area contributed by atoms with Crippen molar-refractivity contribution in [3.63, 3.8) is 0 Å². The van der Waals surface area contributed by atoms with Crippen molar-refractivity contribution < 1.29 is 4.79 Å². The molecule has 92 valence electrons. The largest absolute Gasteiger partial charge is 0.346 e. The first-order chi connectivity index (χ1) is 7.74. The minimum atomic E-state index is 0.248. The van der Waals surface area contributed by atoms with Gasteiger partial charge in [0.25, 0.3) is 0 Å². The number of carbonyl (C=O) groups is 1. The molecule has 0 bridgehead atoms. The van der Waals surface area contributed by atoms with Crippen molar-refractivity contribution in [2.24, 2.45) is 0 Å². The molecule has 0 aliphatic carbocycles. The molecule has 0 saturated heterocycles. The number of hydrogen-bond acceptors (Lipinski definition) is 2. The maximum absolute atomic E-state index is 11.4. The Morgan fingerprint density at radius 1 is 1.31 bits per heavy atom. The van der Waals surface area contributed by atoms with E-state index in [9.17, 15) is 4.79 Å². The highest BCUT2D eigenvalue weighted by Crippen LogP contribution is 2.03. The fraction of sp³-hybridized carbons (Fsp3) is 0.769. The van der Waals surface area contributed by atoms with Gasteiger partial charge in [0, 0.05) is 33.1 Å². The average Bonchev–Trinajstić information content (AvgIpc) is 2.56. The van der Waals surface area contributed by atoms with Crippen LogP contribution in [0.5, 0.6) is 0 Å². The van der Waals surface area contributed by atoms with Gasteiger partial charge in [-0.2, -0.15) is 0 Å². The molecular formula is C13H24N2O. The zero-order chi connectivity index (χ0) is 11.8. The van der Waals surface area contributed by atoms with Crippen LogP contribution < -0.4 is 0 Å². The van der Waals surface area contributed by atoms with Gasteiger partial charge in [-0.3, -0.25) is 4.79 Å². The molecule has 1 rings (SSSR count). The summed E-state index contributed by atoms with van der Waals surface area (Å²) in [4.78, 5) is 15.7. The van der Waals surface area contributed by atoms with Crippen LogP contribution in [-0.2, 0) is 4.79 Å². The van der Waals surface area contributed by atoms with Gasteiger partial charge in [-0.15, -0.1) is 0 Å². The van der Waals surface area contributed by atoms with Gasteiger partial charge in [-0.1, -0.05) is 19.1 Å². The highest BCUT2D eigenvalue weighted by Gasteiger charge is 2.08. The molecule has 3 nitrogen and oxygen atoms in total. The Morgan fingerprint density at radius 3 is 2.50 bits per heavy atom. The van der Waals surface area contributed by atoms with Gasteiger partial charge in [0.1, 0.15) is 0 Å². The Kier molecular flexibility index (Phi) is 6.16. The van der Waals surface area contributed by atoms with Crippen LogP contribution in [0, 0.1) is 0 Å². The number of nitrogens with zero attached hydrogens (tertiary/aromatic N) is 2. The van der Waals surface area contributed by atoms with Crippen LogP contribution in [0.4, 0.5) is 0 Å². The summed E-state index contributed by atoms with van der Waals surface area (Å²) >= 11 is 0. The number of amides is 1. The first-order valence-electron chi connectivity index (χ1n) is 6.35. The lowest BCUT2D eigenvalue weighted by atomic mass is 10.3. The molecule has 0 aromatic heterocycles. The lowest BCUT2D eigenvalue weighted by molar-refractivity contribution is -0.129. The fourth-order valence-electron chi connectivity index (χ4n) is 2.01. The molecular weight excluding hydrogens is 200 g/mol. The average molecular weight is 224 g/mol. The minimum Gasteiger partial charge on any atom is -0.346 e. The van der Waals surface area contributed by atoms with E-state index in [1.807, 2.05) is 18.9 Å². The van der Waals surface area contributed by atoms with E-state index >= 15 is 0 Å². The SMILES string of the molecule is CCC(=O)N(C)CCCN1CCC=CCC1. The van der Waals surface area contributed by atoms with Crippen molar-refractivity contribution in [2.75, 3.05) is 33.2 Å². The zero-order valence-corrected chi connectivity index (χ0v) is 10.6. The summed E-state index contributed by atoms with van der Waals surface area (Å²) in [5.41, 5.74) is 0.